The molecule has 0 unspecified atom stereocenters. The molecule has 0 atom stereocenters. The number of rotatable bonds is 5. The first-order valence-electron chi connectivity index (χ1n) is 6.94. The van der Waals surface area contributed by atoms with Gasteiger partial charge in [-0.05, 0) is 43.9 Å². The lowest BCUT2D eigenvalue weighted by Crippen LogP contribution is -2.23. The van der Waals surface area contributed by atoms with Gasteiger partial charge in [0, 0.05) is 18.3 Å². The first-order chi connectivity index (χ1) is 10.5. The van der Waals surface area contributed by atoms with E-state index in [0.29, 0.717) is 24.5 Å². The molecule has 0 aliphatic rings. The number of halogens is 2. The molecule has 0 bridgehead atoms. The van der Waals surface area contributed by atoms with E-state index in [4.69, 9.17) is 5.73 Å². The van der Waals surface area contributed by atoms with Crippen molar-refractivity contribution in [3.05, 3.63) is 59.5 Å². The zero-order valence-corrected chi connectivity index (χ0v) is 15.5. The Morgan fingerprint density at radius 2 is 2.09 bits per heavy atom. The van der Waals surface area contributed by atoms with Crippen molar-refractivity contribution < 1.29 is 4.39 Å². The fraction of sp³-hybridized carbons (Fsp3) is 0.250. The molecule has 0 radical (unpaired) electrons. The highest BCUT2D eigenvalue weighted by Crippen LogP contribution is 2.13. The third kappa shape index (κ3) is 6.49. The maximum absolute atomic E-state index is 13.7. The van der Waals surface area contributed by atoms with Crippen LogP contribution in [-0.4, -0.2) is 29.9 Å². The molecule has 0 aliphatic heterocycles. The Balaban J connectivity index is 0.00000264. The predicted molar refractivity (Wildman–Crippen MR) is 102 cm³/mol. The third-order valence-corrected chi connectivity index (χ3v) is 2.95. The maximum atomic E-state index is 13.7. The van der Waals surface area contributed by atoms with Gasteiger partial charge < -0.3 is 16.0 Å². The Kier molecular flexibility index (Phi) is 7.90. The lowest BCUT2D eigenvalue weighted by molar-refractivity contribution is 0.392. The van der Waals surface area contributed by atoms with Crippen LogP contribution in [0.4, 0.5) is 10.2 Å². The number of pyridine rings is 1. The van der Waals surface area contributed by atoms with Gasteiger partial charge in [0.1, 0.15) is 11.6 Å². The number of benzene rings is 1. The first-order valence-corrected chi connectivity index (χ1v) is 6.94. The predicted octanol–water partition coefficient (Wildman–Crippen LogP) is 2.83. The number of anilines is 1. The summed E-state index contributed by atoms with van der Waals surface area (Å²) in [4.78, 5) is 10.3. The van der Waals surface area contributed by atoms with Crippen molar-refractivity contribution in [3.63, 3.8) is 0 Å². The lowest BCUT2D eigenvalue weighted by Gasteiger charge is -2.11. The van der Waals surface area contributed by atoms with Crippen LogP contribution in [0.25, 0.3) is 0 Å². The van der Waals surface area contributed by atoms with Gasteiger partial charge in [0.15, 0.2) is 5.96 Å². The highest BCUT2D eigenvalue weighted by molar-refractivity contribution is 14.0. The Morgan fingerprint density at radius 1 is 1.30 bits per heavy atom. The number of hydrogen-bond acceptors (Lipinski definition) is 3. The minimum absolute atomic E-state index is 0. The number of guanidine groups is 1. The average molecular weight is 429 g/mol. The zero-order chi connectivity index (χ0) is 15.9. The number of aromatic nitrogens is 1. The second-order valence-corrected chi connectivity index (χ2v) is 5.20. The van der Waals surface area contributed by atoms with Gasteiger partial charge in [0.05, 0.1) is 6.54 Å². The largest absolute Gasteiger partial charge is 0.370 e. The summed E-state index contributed by atoms with van der Waals surface area (Å²) < 4.78 is 13.7. The molecule has 0 saturated carbocycles. The standard InChI is InChI=1S/C16H20FN5.HI/c1-22(2)11-13-9-12(6-7-14(13)17)10-20-16(18)21-15-5-3-4-8-19-15;/h3-9H,10-11H2,1-2H3,(H3,18,19,20,21);1H. The Hall–Kier alpha value is -1.74. The highest BCUT2D eigenvalue weighted by atomic mass is 127. The molecule has 1 aromatic heterocycles. The van der Waals surface area contributed by atoms with Crippen LogP contribution in [-0.2, 0) is 13.1 Å². The molecule has 7 heteroatoms. The van der Waals surface area contributed by atoms with Crippen molar-refractivity contribution in [2.75, 3.05) is 19.4 Å². The average Bonchev–Trinajstić information content (AvgIpc) is 2.48. The Labute approximate surface area is 152 Å². The smallest absolute Gasteiger partial charge is 0.194 e. The number of aliphatic imine (C=N–C) groups is 1. The van der Waals surface area contributed by atoms with E-state index in [1.54, 1.807) is 18.3 Å². The summed E-state index contributed by atoms with van der Waals surface area (Å²) in [5.74, 6) is 0.703. The van der Waals surface area contributed by atoms with E-state index in [-0.39, 0.29) is 35.8 Å². The van der Waals surface area contributed by atoms with Crippen LogP contribution in [0.5, 0.6) is 0 Å². The summed E-state index contributed by atoms with van der Waals surface area (Å²) in [6.45, 7) is 0.928. The van der Waals surface area contributed by atoms with Crippen LogP contribution in [0.1, 0.15) is 11.1 Å². The number of nitrogens with zero attached hydrogens (tertiary/aromatic N) is 3. The molecule has 1 aromatic carbocycles. The van der Waals surface area contributed by atoms with E-state index in [9.17, 15) is 4.39 Å². The first kappa shape index (κ1) is 19.3. The monoisotopic (exact) mass is 429 g/mol. The van der Waals surface area contributed by atoms with Gasteiger partial charge in [-0.25, -0.2) is 14.4 Å². The van der Waals surface area contributed by atoms with Gasteiger partial charge in [-0.3, -0.25) is 0 Å². The summed E-state index contributed by atoms with van der Waals surface area (Å²) in [5.41, 5.74) is 7.37. The van der Waals surface area contributed by atoms with Crippen LogP contribution < -0.4 is 11.1 Å². The highest BCUT2D eigenvalue weighted by Gasteiger charge is 2.05. The van der Waals surface area contributed by atoms with Gasteiger partial charge >= 0.3 is 0 Å². The maximum Gasteiger partial charge on any atom is 0.194 e. The third-order valence-electron chi connectivity index (χ3n) is 2.95. The zero-order valence-electron chi connectivity index (χ0n) is 13.2. The van der Waals surface area contributed by atoms with Gasteiger partial charge in [-0.15, -0.1) is 24.0 Å². The molecule has 0 spiro atoms. The minimum atomic E-state index is -0.207. The van der Waals surface area contributed by atoms with Crippen molar-refractivity contribution in [3.8, 4) is 0 Å². The topological polar surface area (TPSA) is 66.5 Å². The number of nitrogens with two attached hydrogens (primary N) is 1. The number of hydrogen-bond donors (Lipinski definition) is 2. The molecule has 3 N–H and O–H groups in total. The molecule has 0 saturated heterocycles. The molecule has 5 nitrogen and oxygen atoms in total. The van der Waals surface area contributed by atoms with Crippen LogP contribution >= 0.6 is 24.0 Å². The molecule has 0 amide bonds. The van der Waals surface area contributed by atoms with Crippen molar-refractivity contribution in [2.24, 2.45) is 10.7 Å². The van der Waals surface area contributed by atoms with Crippen LogP contribution in [0, 0.1) is 5.82 Å². The molecule has 0 fully saturated rings. The van der Waals surface area contributed by atoms with Gasteiger partial charge in [0.25, 0.3) is 0 Å². The quantitative estimate of drug-likeness (QED) is 0.436. The van der Waals surface area contributed by atoms with Crippen molar-refractivity contribution in [1.82, 2.24) is 9.88 Å². The SMILES string of the molecule is CN(C)Cc1cc(CN=C(N)Nc2ccccn2)ccc1F.I. The van der Waals surface area contributed by atoms with E-state index in [1.807, 2.05) is 37.2 Å². The van der Waals surface area contributed by atoms with E-state index in [2.05, 4.69) is 15.3 Å². The molecular formula is C16H21FIN5. The van der Waals surface area contributed by atoms with Crippen molar-refractivity contribution in [1.29, 1.82) is 0 Å². The van der Waals surface area contributed by atoms with Crippen LogP contribution in [0.15, 0.2) is 47.6 Å². The summed E-state index contributed by atoms with van der Waals surface area (Å²) in [6, 6.07) is 10.5. The molecular weight excluding hydrogens is 408 g/mol. The Morgan fingerprint density at radius 3 is 2.74 bits per heavy atom. The fourth-order valence-electron chi connectivity index (χ4n) is 1.97. The summed E-state index contributed by atoms with van der Waals surface area (Å²) in [6.07, 6.45) is 1.67. The van der Waals surface area contributed by atoms with Gasteiger partial charge in [-0.2, -0.15) is 0 Å². The fourth-order valence-corrected chi connectivity index (χ4v) is 1.97. The molecule has 124 valence electrons. The Bertz CT molecular complexity index is 646. The van der Waals surface area contributed by atoms with E-state index in [0.717, 1.165) is 5.56 Å². The van der Waals surface area contributed by atoms with Crippen molar-refractivity contribution >= 4 is 35.8 Å². The van der Waals surface area contributed by atoms with Crippen LogP contribution in [0.3, 0.4) is 0 Å². The molecule has 23 heavy (non-hydrogen) atoms. The normalized spacial score (nSPS) is 11.2. The summed E-state index contributed by atoms with van der Waals surface area (Å²) in [5, 5.41) is 2.90. The molecule has 2 rings (SSSR count). The molecule has 2 aromatic rings. The molecule has 0 aliphatic carbocycles. The van der Waals surface area contributed by atoms with Crippen molar-refractivity contribution in [2.45, 2.75) is 13.1 Å². The number of nitrogens with one attached hydrogen (secondary N) is 1. The van der Waals surface area contributed by atoms with E-state index in [1.165, 1.54) is 6.07 Å². The second kappa shape index (κ2) is 9.41. The molecule has 1 heterocycles. The lowest BCUT2D eigenvalue weighted by atomic mass is 10.1. The van der Waals surface area contributed by atoms with Crippen LogP contribution in [0.2, 0.25) is 0 Å². The second-order valence-electron chi connectivity index (χ2n) is 5.20. The van der Waals surface area contributed by atoms with E-state index >= 15 is 0 Å². The van der Waals surface area contributed by atoms with E-state index < -0.39 is 0 Å². The summed E-state index contributed by atoms with van der Waals surface area (Å²) >= 11 is 0. The van der Waals surface area contributed by atoms with Gasteiger partial charge in [-0.1, -0.05) is 12.1 Å². The minimum Gasteiger partial charge on any atom is -0.370 e. The van der Waals surface area contributed by atoms with Gasteiger partial charge in [0.2, 0.25) is 0 Å². The summed E-state index contributed by atoms with van der Waals surface area (Å²) in [7, 11) is 3.80.